The Hall–Kier alpha value is -3.59. The van der Waals surface area contributed by atoms with Crippen LogP contribution in [0.2, 0.25) is 0 Å². The van der Waals surface area contributed by atoms with E-state index < -0.39 is 34.2 Å². The quantitative estimate of drug-likeness (QED) is 0.257. The van der Waals surface area contributed by atoms with Crippen LogP contribution in [0.3, 0.4) is 0 Å². The Bertz CT molecular complexity index is 1030. The number of amides is 1. The zero-order valence-electron chi connectivity index (χ0n) is 16.4. The molecule has 1 saturated heterocycles. The highest BCUT2D eigenvalue weighted by molar-refractivity contribution is 6.46. The number of likely N-dealkylation sites (N-methyl/N-ethyl adjacent to an activating group) is 1. The van der Waals surface area contributed by atoms with E-state index in [2.05, 4.69) is 0 Å². The van der Waals surface area contributed by atoms with Gasteiger partial charge in [-0.15, -0.1) is 0 Å². The molecule has 0 aliphatic carbocycles. The summed E-state index contributed by atoms with van der Waals surface area (Å²) in [6.07, 6.45) is 0. The van der Waals surface area contributed by atoms with Crippen LogP contribution in [0.1, 0.15) is 17.2 Å². The maximum absolute atomic E-state index is 13.3. The number of aliphatic hydroxyl groups excluding tert-OH is 1. The third kappa shape index (κ3) is 4.06. The molecule has 1 fully saturated rings. The number of nitro groups is 1. The van der Waals surface area contributed by atoms with Crippen LogP contribution < -0.4 is 0 Å². The fraction of sp³-hybridized carbons (Fsp3) is 0.238. The second-order valence-corrected chi connectivity index (χ2v) is 7.15. The number of likely N-dealkylation sites (tertiary alicyclic amines) is 1. The molecule has 0 aromatic heterocycles. The van der Waals surface area contributed by atoms with Crippen LogP contribution >= 0.6 is 0 Å². The predicted molar refractivity (Wildman–Crippen MR) is 107 cm³/mol. The number of benzene rings is 2. The zero-order chi connectivity index (χ0) is 22.0. The van der Waals surface area contributed by atoms with Gasteiger partial charge in [0.25, 0.3) is 17.4 Å². The minimum absolute atomic E-state index is 0.164. The largest absolute Gasteiger partial charge is 0.507 e. The molecule has 8 nitrogen and oxygen atoms in total. The van der Waals surface area contributed by atoms with Gasteiger partial charge in [0, 0.05) is 30.8 Å². The monoisotopic (exact) mass is 413 g/mol. The highest BCUT2D eigenvalue weighted by Gasteiger charge is 2.46. The number of carbonyl (C=O) groups is 2. The van der Waals surface area contributed by atoms with Crippen molar-refractivity contribution < 1.29 is 24.0 Å². The van der Waals surface area contributed by atoms with E-state index in [1.807, 2.05) is 4.90 Å². The van der Waals surface area contributed by atoms with Gasteiger partial charge in [-0.05, 0) is 43.9 Å². The lowest BCUT2D eigenvalue weighted by atomic mass is 9.95. The van der Waals surface area contributed by atoms with Crippen molar-refractivity contribution in [3.05, 3.63) is 81.2 Å². The smallest absolute Gasteiger partial charge is 0.295 e. The van der Waals surface area contributed by atoms with Gasteiger partial charge in [0.15, 0.2) is 0 Å². The van der Waals surface area contributed by atoms with Gasteiger partial charge in [0.05, 0.1) is 16.5 Å². The van der Waals surface area contributed by atoms with Gasteiger partial charge < -0.3 is 14.9 Å². The summed E-state index contributed by atoms with van der Waals surface area (Å²) in [5.41, 5.74) is 0.0987. The van der Waals surface area contributed by atoms with E-state index in [1.165, 1.54) is 35.2 Å². The number of halogens is 1. The molecule has 3 rings (SSSR count). The van der Waals surface area contributed by atoms with Crippen molar-refractivity contribution in [3.8, 4) is 0 Å². The molecule has 156 valence electrons. The van der Waals surface area contributed by atoms with Crippen molar-refractivity contribution in [2.24, 2.45) is 0 Å². The summed E-state index contributed by atoms with van der Waals surface area (Å²) in [5.74, 6) is -2.69. The zero-order valence-corrected chi connectivity index (χ0v) is 16.4. The number of hydrogen-bond donors (Lipinski definition) is 1. The number of hydrogen-bond acceptors (Lipinski definition) is 6. The second kappa shape index (κ2) is 8.42. The van der Waals surface area contributed by atoms with Crippen molar-refractivity contribution >= 4 is 23.1 Å². The van der Waals surface area contributed by atoms with Crippen molar-refractivity contribution in [1.29, 1.82) is 0 Å². The van der Waals surface area contributed by atoms with Crippen molar-refractivity contribution in [2.45, 2.75) is 6.04 Å². The summed E-state index contributed by atoms with van der Waals surface area (Å²) in [4.78, 5) is 39.3. The average Bonchev–Trinajstić information content (AvgIpc) is 2.97. The minimum Gasteiger partial charge on any atom is -0.507 e. The molecule has 0 spiro atoms. The first-order valence-electron chi connectivity index (χ1n) is 9.14. The van der Waals surface area contributed by atoms with Crippen LogP contribution in [0.4, 0.5) is 10.1 Å². The molecule has 0 saturated carbocycles. The lowest BCUT2D eigenvalue weighted by Gasteiger charge is -2.26. The first kappa shape index (κ1) is 21.1. The normalized spacial score (nSPS) is 18.3. The Morgan fingerprint density at radius 2 is 1.87 bits per heavy atom. The molecule has 2 aromatic rings. The molecule has 1 amide bonds. The SMILES string of the molecule is CN(C)CCN1C(=O)C(=O)C(=C(O)c2ccc(F)cc2)[C@H]1c1cccc([N+](=O)[O-])c1. The first-order valence-corrected chi connectivity index (χ1v) is 9.14. The first-order chi connectivity index (χ1) is 14.2. The third-order valence-corrected chi connectivity index (χ3v) is 4.84. The molecule has 1 aliphatic heterocycles. The molecule has 1 heterocycles. The van der Waals surface area contributed by atoms with Crippen molar-refractivity contribution in [2.75, 3.05) is 27.2 Å². The molecule has 0 unspecified atom stereocenters. The predicted octanol–water partition coefficient (Wildman–Crippen LogP) is 2.72. The van der Waals surface area contributed by atoms with Crippen molar-refractivity contribution in [1.82, 2.24) is 9.80 Å². The average molecular weight is 413 g/mol. The topological polar surface area (TPSA) is 104 Å². The highest BCUT2D eigenvalue weighted by Crippen LogP contribution is 2.40. The molecule has 0 bridgehead atoms. The van der Waals surface area contributed by atoms with Crippen LogP contribution in [0, 0.1) is 15.9 Å². The number of aliphatic hydroxyl groups is 1. The number of non-ortho nitro benzene ring substituents is 1. The number of ketones is 1. The number of carbonyl (C=O) groups excluding carboxylic acids is 2. The number of nitro benzene ring substituents is 1. The van der Waals surface area contributed by atoms with Gasteiger partial charge >= 0.3 is 0 Å². The summed E-state index contributed by atoms with van der Waals surface area (Å²) < 4.78 is 13.3. The fourth-order valence-electron chi connectivity index (χ4n) is 3.34. The summed E-state index contributed by atoms with van der Waals surface area (Å²) in [7, 11) is 3.61. The molecule has 9 heteroatoms. The van der Waals surface area contributed by atoms with Crippen LogP contribution in [0.5, 0.6) is 0 Å². The van der Waals surface area contributed by atoms with Gasteiger partial charge in [-0.2, -0.15) is 0 Å². The molecule has 1 atom stereocenters. The Labute approximate surface area is 172 Å². The number of Topliss-reactive ketones (excluding diaryl/α,β-unsaturated/α-hetero) is 1. The second-order valence-electron chi connectivity index (χ2n) is 7.15. The van der Waals surface area contributed by atoms with E-state index in [4.69, 9.17) is 0 Å². The van der Waals surface area contributed by atoms with Crippen LogP contribution in [0.25, 0.3) is 5.76 Å². The standard InChI is InChI=1S/C21H20FN3O5/c1-23(2)10-11-24-18(14-4-3-5-16(12-14)25(29)30)17(20(27)21(24)28)19(26)13-6-8-15(22)9-7-13/h3-9,12,18,26H,10-11H2,1-2H3/t18-/m1/s1. The molecule has 1 aliphatic rings. The fourth-order valence-corrected chi connectivity index (χ4v) is 3.34. The lowest BCUT2D eigenvalue weighted by Crippen LogP contribution is -2.35. The van der Waals surface area contributed by atoms with Crippen LogP contribution in [0.15, 0.2) is 54.1 Å². The minimum atomic E-state index is -1.00. The van der Waals surface area contributed by atoms with E-state index in [0.717, 1.165) is 12.1 Å². The van der Waals surface area contributed by atoms with E-state index in [1.54, 1.807) is 20.2 Å². The van der Waals surface area contributed by atoms with Gasteiger partial charge in [0.2, 0.25) is 0 Å². The maximum Gasteiger partial charge on any atom is 0.295 e. The van der Waals surface area contributed by atoms with E-state index in [-0.39, 0.29) is 23.4 Å². The molecular formula is C21H20FN3O5. The maximum atomic E-state index is 13.3. The molecule has 2 aromatic carbocycles. The van der Waals surface area contributed by atoms with Gasteiger partial charge in [-0.1, -0.05) is 12.1 Å². The Morgan fingerprint density at radius 1 is 1.20 bits per heavy atom. The third-order valence-electron chi connectivity index (χ3n) is 4.84. The highest BCUT2D eigenvalue weighted by atomic mass is 19.1. The van der Waals surface area contributed by atoms with Gasteiger partial charge in [-0.25, -0.2) is 4.39 Å². The summed E-state index contributed by atoms with van der Waals surface area (Å²) in [6, 6.07) is 9.42. The summed E-state index contributed by atoms with van der Waals surface area (Å²) in [6.45, 7) is 0.611. The van der Waals surface area contributed by atoms with Gasteiger partial charge in [-0.3, -0.25) is 19.7 Å². The Kier molecular flexibility index (Phi) is 5.93. The van der Waals surface area contributed by atoms with Gasteiger partial charge in [0.1, 0.15) is 11.6 Å². The number of rotatable bonds is 6. The molecule has 0 radical (unpaired) electrons. The molecule has 30 heavy (non-hydrogen) atoms. The number of nitrogens with zero attached hydrogens (tertiary/aromatic N) is 3. The Balaban J connectivity index is 2.17. The Morgan fingerprint density at radius 3 is 2.47 bits per heavy atom. The van der Waals surface area contributed by atoms with Crippen molar-refractivity contribution in [3.63, 3.8) is 0 Å². The molecular weight excluding hydrogens is 393 g/mol. The summed E-state index contributed by atoms with van der Waals surface area (Å²) in [5, 5.41) is 22.0. The molecule has 1 N–H and O–H groups in total. The lowest BCUT2D eigenvalue weighted by molar-refractivity contribution is -0.384. The summed E-state index contributed by atoms with van der Waals surface area (Å²) >= 11 is 0. The van der Waals surface area contributed by atoms with E-state index >= 15 is 0 Å². The van der Waals surface area contributed by atoms with E-state index in [9.17, 15) is 29.2 Å². The van der Waals surface area contributed by atoms with Crippen LogP contribution in [-0.4, -0.2) is 58.7 Å². The van der Waals surface area contributed by atoms with E-state index in [0.29, 0.717) is 12.1 Å². The van der Waals surface area contributed by atoms with Crippen LogP contribution in [-0.2, 0) is 9.59 Å².